The van der Waals surface area contributed by atoms with Crippen LogP contribution in [-0.2, 0) is 14.8 Å². The van der Waals surface area contributed by atoms with Crippen LogP contribution in [0.15, 0.2) is 82.8 Å². The third-order valence-corrected chi connectivity index (χ3v) is 6.57. The highest BCUT2D eigenvalue weighted by molar-refractivity contribution is 7.92. The van der Waals surface area contributed by atoms with Gasteiger partial charge in [0.25, 0.3) is 15.9 Å². The Hall–Kier alpha value is -4.18. The number of methoxy groups -OCH3 is 1. The van der Waals surface area contributed by atoms with E-state index in [4.69, 9.17) is 4.74 Å². The number of ether oxygens (including phenoxy) is 1. The fraction of sp³-hybridized carbons (Fsp3) is 0.125. The molecule has 9 nitrogen and oxygen atoms in total. The molecule has 0 aliphatic rings. The van der Waals surface area contributed by atoms with E-state index in [1.807, 2.05) is 6.92 Å². The Bertz CT molecular complexity index is 1300. The van der Waals surface area contributed by atoms with E-state index < -0.39 is 28.4 Å². The number of aryl methyl sites for hydroxylation is 1. The van der Waals surface area contributed by atoms with Crippen molar-refractivity contribution in [3.05, 3.63) is 89.5 Å². The highest BCUT2D eigenvalue weighted by atomic mass is 32.2. The van der Waals surface area contributed by atoms with Crippen LogP contribution < -0.4 is 19.6 Å². The number of rotatable bonds is 9. The largest absolute Gasteiger partial charge is 0.545 e. The Labute approximate surface area is 197 Å². The molecule has 3 aromatic rings. The van der Waals surface area contributed by atoms with Crippen molar-refractivity contribution in [3.63, 3.8) is 0 Å². The first-order valence-electron chi connectivity index (χ1n) is 10.1. The van der Waals surface area contributed by atoms with Crippen molar-refractivity contribution in [1.82, 2.24) is 5.43 Å². The molecule has 0 heterocycles. The summed E-state index contributed by atoms with van der Waals surface area (Å²) in [5.74, 6) is -1.71. The minimum atomic E-state index is -4.11. The van der Waals surface area contributed by atoms with E-state index in [-0.39, 0.29) is 21.9 Å². The summed E-state index contributed by atoms with van der Waals surface area (Å²) in [4.78, 5) is 23.5. The lowest BCUT2D eigenvalue weighted by molar-refractivity contribution is -0.255. The van der Waals surface area contributed by atoms with E-state index in [0.717, 1.165) is 9.87 Å². The van der Waals surface area contributed by atoms with Gasteiger partial charge in [0.2, 0.25) is 0 Å². The van der Waals surface area contributed by atoms with Crippen molar-refractivity contribution in [2.24, 2.45) is 5.10 Å². The fourth-order valence-corrected chi connectivity index (χ4v) is 4.45. The first kappa shape index (κ1) is 24.5. The molecule has 0 radical (unpaired) electrons. The topological polar surface area (TPSA) is 128 Å². The van der Waals surface area contributed by atoms with Crippen molar-refractivity contribution in [2.45, 2.75) is 11.8 Å². The summed E-state index contributed by atoms with van der Waals surface area (Å²) < 4.78 is 33.1. The summed E-state index contributed by atoms with van der Waals surface area (Å²) in [7, 11) is -2.70. The van der Waals surface area contributed by atoms with Crippen molar-refractivity contribution in [2.75, 3.05) is 18.0 Å². The van der Waals surface area contributed by atoms with Crippen LogP contribution in [0.3, 0.4) is 0 Å². The Balaban J connectivity index is 1.84. The lowest BCUT2D eigenvalue weighted by atomic mass is 10.1. The zero-order valence-corrected chi connectivity index (χ0v) is 19.3. The monoisotopic (exact) mass is 480 g/mol. The van der Waals surface area contributed by atoms with Crippen LogP contribution in [0.25, 0.3) is 0 Å². The van der Waals surface area contributed by atoms with Gasteiger partial charge in [0.1, 0.15) is 12.3 Å². The van der Waals surface area contributed by atoms with E-state index in [1.54, 1.807) is 36.4 Å². The van der Waals surface area contributed by atoms with Gasteiger partial charge in [-0.2, -0.15) is 5.10 Å². The van der Waals surface area contributed by atoms with Crippen molar-refractivity contribution >= 4 is 33.8 Å². The molecule has 1 amide bonds. The molecular weight excluding hydrogens is 458 g/mol. The quantitative estimate of drug-likeness (QED) is 0.367. The van der Waals surface area contributed by atoms with Crippen LogP contribution in [0.2, 0.25) is 0 Å². The number of carboxylic acid groups (broad SMARTS) is 1. The molecule has 0 spiro atoms. The summed E-state index contributed by atoms with van der Waals surface area (Å²) in [5.41, 5.74) is 3.92. The maximum absolute atomic E-state index is 13.4. The van der Waals surface area contributed by atoms with Crippen LogP contribution in [0.4, 0.5) is 5.69 Å². The second-order valence-electron chi connectivity index (χ2n) is 7.20. The Morgan fingerprint density at radius 1 is 1.03 bits per heavy atom. The van der Waals surface area contributed by atoms with E-state index in [1.165, 1.54) is 49.7 Å². The molecule has 0 fully saturated rings. The molecule has 3 aromatic carbocycles. The number of hydrogen-bond donors (Lipinski definition) is 1. The minimum absolute atomic E-state index is 0.00921. The van der Waals surface area contributed by atoms with Crippen LogP contribution >= 0.6 is 0 Å². The van der Waals surface area contributed by atoms with Crippen molar-refractivity contribution < 1.29 is 27.9 Å². The Morgan fingerprint density at radius 2 is 1.68 bits per heavy atom. The number of benzene rings is 3. The smallest absolute Gasteiger partial charge is 0.264 e. The number of carbonyl (C=O) groups is 2. The van der Waals surface area contributed by atoms with Crippen LogP contribution in [0.1, 0.15) is 21.5 Å². The number of sulfonamides is 1. The number of carbonyl (C=O) groups excluding carboxylic acids is 2. The van der Waals surface area contributed by atoms with E-state index in [9.17, 15) is 23.1 Å². The van der Waals surface area contributed by atoms with Crippen molar-refractivity contribution in [3.8, 4) is 5.75 Å². The fourth-order valence-electron chi connectivity index (χ4n) is 3.02. The maximum atomic E-state index is 13.4. The first-order valence-corrected chi connectivity index (χ1v) is 11.5. The van der Waals surface area contributed by atoms with Crippen LogP contribution in [0.5, 0.6) is 5.75 Å². The summed E-state index contributed by atoms with van der Waals surface area (Å²) in [6, 6.07) is 18.4. The number of aromatic carboxylic acids is 1. The van der Waals surface area contributed by atoms with Crippen LogP contribution in [-0.4, -0.2) is 40.2 Å². The predicted octanol–water partition coefficient (Wildman–Crippen LogP) is 1.71. The average molecular weight is 481 g/mol. The third kappa shape index (κ3) is 5.78. The molecule has 0 aliphatic carbocycles. The number of carboxylic acids is 1. The van der Waals surface area contributed by atoms with Gasteiger partial charge in [0.05, 0.1) is 29.9 Å². The summed E-state index contributed by atoms with van der Waals surface area (Å²) >= 11 is 0. The molecule has 0 atom stereocenters. The molecular formula is C24H22N3O6S-. The zero-order chi connectivity index (χ0) is 24.7. The molecule has 0 saturated carbocycles. The minimum Gasteiger partial charge on any atom is -0.545 e. The van der Waals surface area contributed by atoms with Gasteiger partial charge in [-0.1, -0.05) is 54.1 Å². The van der Waals surface area contributed by atoms with Gasteiger partial charge in [-0.25, -0.2) is 13.8 Å². The highest BCUT2D eigenvalue weighted by Gasteiger charge is 2.29. The van der Waals surface area contributed by atoms with E-state index in [2.05, 4.69) is 10.5 Å². The standard InChI is InChI=1S/C24H23N3O6S/c1-17-7-13-20(14-8-17)34(31,32)27(21-5-3-4-6-22(21)33-2)16-23(28)26-25-15-18-9-11-19(12-10-18)24(29)30/h3-15H,16H2,1-2H3,(H,26,28)(H,29,30)/p-1/b25-15-. The van der Waals surface area contributed by atoms with Gasteiger partial charge in [-0.3, -0.25) is 9.10 Å². The summed E-state index contributed by atoms with van der Waals surface area (Å²) in [5, 5.41) is 14.6. The van der Waals surface area contributed by atoms with Gasteiger partial charge < -0.3 is 14.6 Å². The number of anilines is 1. The molecule has 0 bridgehead atoms. The molecule has 0 saturated heterocycles. The third-order valence-electron chi connectivity index (χ3n) is 4.80. The van der Waals surface area contributed by atoms with Gasteiger partial charge in [-0.05, 0) is 42.3 Å². The molecule has 176 valence electrons. The number of para-hydroxylation sites is 2. The normalized spacial score (nSPS) is 11.2. The molecule has 0 aromatic heterocycles. The zero-order valence-electron chi connectivity index (χ0n) is 18.5. The van der Waals surface area contributed by atoms with Crippen LogP contribution in [0, 0.1) is 6.92 Å². The molecule has 3 rings (SSSR count). The maximum Gasteiger partial charge on any atom is 0.264 e. The molecule has 34 heavy (non-hydrogen) atoms. The van der Waals surface area contributed by atoms with Gasteiger partial charge in [-0.15, -0.1) is 0 Å². The Morgan fingerprint density at radius 3 is 2.29 bits per heavy atom. The van der Waals surface area contributed by atoms with E-state index in [0.29, 0.717) is 5.56 Å². The molecule has 10 heteroatoms. The highest BCUT2D eigenvalue weighted by Crippen LogP contribution is 2.32. The second kappa shape index (κ2) is 10.6. The molecule has 1 N–H and O–H groups in total. The number of nitrogens with zero attached hydrogens (tertiary/aromatic N) is 2. The summed E-state index contributed by atoms with van der Waals surface area (Å²) in [6.07, 6.45) is 1.30. The van der Waals surface area contributed by atoms with Gasteiger partial charge in [0, 0.05) is 0 Å². The second-order valence-corrected chi connectivity index (χ2v) is 9.06. The van der Waals surface area contributed by atoms with Gasteiger partial charge in [0.15, 0.2) is 0 Å². The Kier molecular flexibility index (Phi) is 7.64. The average Bonchev–Trinajstić information content (AvgIpc) is 2.83. The molecule has 0 unspecified atom stereocenters. The number of amides is 1. The number of nitrogens with one attached hydrogen (secondary N) is 1. The summed E-state index contributed by atoms with van der Waals surface area (Å²) in [6.45, 7) is 1.28. The SMILES string of the molecule is COc1ccccc1N(CC(=O)N/N=C\c1ccc(C(=O)[O-])cc1)S(=O)(=O)c1ccc(C)cc1. The van der Waals surface area contributed by atoms with Gasteiger partial charge >= 0.3 is 0 Å². The van der Waals surface area contributed by atoms with E-state index >= 15 is 0 Å². The lowest BCUT2D eigenvalue weighted by Gasteiger charge is -2.25. The first-order chi connectivity index (χ1) is 16.2. The predicted molar refractivity (Wildman–Crippen MR) is 125 cm³/mol. The number of hydrogen-bond acceptors (Lipinski definition) is 7. The lowest BCUT2D eigenvalue weighted by Crippen LogP contribution is -2.39. The molecule has 0 aliphatic heterocycles. The van der Waals surface area contributed by atoms with Crippen molar-refractivity contribution in [1.29, 1.82) is 0 Å². The number of hydrazone groups is 1.